The molecule has 0 bridgehead atoms. The molecule has 0 spiro atoms. The van der Waals surface area contributed by atoms with Crippen LogP contribution in [0.15, 0.2) is 51.7 Å². The number of aryl methyl sites for hydroxylation is 1. The number of nitrogens with zero attached hydrogens (tertiary/aromatic N) is 3. The molecule has 1 aliphatic heterocycles. The van der Waals surface area contributed by atoms with Gasteiger partial charge in [-0.3, -0.25) is 4.90 Å². The second-order valence-electron chi connectivity index (χ2n) is 6.28. The lowest BCUT2D eigenvalue weighted by Crippen LogP contribution is -2.46. The second kappa shape index (κ2) is 6.94. The summed E-state index contributed by atoms with van der Waals surface area (Å²) in [5.41, 5.74) is 3.06. The van der Waals surface area contributed by atoms with Crippen molar-refractivity contribution in [2.45, 2.75) is 13.5 Å². The summed E-state index contributed by atoms with van der Waals surface area (Å²) in [4.78, 5) is 9.41. The number of hydrogen-bond donors (Lipinski definition) is 0. The number of halogens is 1. The Hall–Kier alpha value is -2.24. The van der Waals surface area contributed by atoms with Gasteiger partial charge in [0.05, 0.1) is 17.5 Å². The molecule has 3 aromatic rings. The molecule has 0 N–H and O–H groups in total. The molecule has 0 saturated carbocycles. The van der Waals surface area contributed by atoms with Crippen molar-refractivity contribution in [3.05, 3.63) is 59.3 Å². The topological polar surface area (TPSA) is 45.7 Å². The summed E-state index contributed by atoms with van der Waals surface area (Å²) >= 11 is 6.10. The molecule has 25 heavy (non-hydrogen) atoms. The number of rotatable bonds is 4. The average molecular weight is 358 g/mol. The second-order valence-corrected chi connectivity index (χ2v) is 6.71. The zero-order chi connectivity index (χ0) is 17.2. The number of piperazine rings is 1. The first-order valence-corrected chi connectivity index (χ1v) is 8.78. The highest BCUT2D eigenvalue weighted by atomic mass is 35.5. The molecular formula is C19H20ClN3O2. The van der Waals surface area contributed by atoms with E-state index in [-0.39, 0.29) is 0 Å². The zero-order valence-corrected chi connectivity index (χ0v) is 14.9. The van der Waals surface area contributed by atoms with Gasteiger partial charge >= 0.3 is 0 Å². The summed E-state index contributed by atoms with van der Waals surface area (Å²) in [7, 11) is 0. The van der Waals surface area contributed by atoms with Crippen molar-refractivity contribution in [2.75, 3.05) is 31.1 Å². The van der Waals surface area contributed by atoms with E-state index in [1.165, 1.54) is 5.69 Å². The van der Waals surface area contributed by atoms with Gasteiger partial charge in [0.15, 0.2) is 0 Å². The monoisotopic (exact) mass is 357 g/mol. The highest BCUT2D eigenvalue weighted by Crippen LogP contribution is 2.24. The van der Waals surface area contributed by atoms with Crippen molar-refractivity contribution in [1.29, 1.82) is 0 Å². The molecule has 3 heterocycles. The Morgan fingerprint density at radius 3 is 2.72 bits per heavy atom. The van der Waals surface area contributed by atoms with Crippen LogP contribution >= 0.6 is 11.6 Å². The first-order valence-electron chi connectivity index (χ1n) is 8.41. The van der Waals surface area contributed by atoms with E-state index in [4.69, 9.17) is 20.4 Å². The minimum absolute atomic E-state index is 0.624. The van der Waals surface area contributed by atoms with E-state index >= 15 is 0 Å². The molecule has 0 atom stereocenters. The van der Waals surface area contributed by atoms with Gasteiger partial charge in [0.25, 0.3) is 0 Å². The van der Waals surface area contributed by atoms with Crippen LogP contribution in [-0.4, -0.2) is 36.1 Å². The van der Waals surface area contributed by atoms with Gasteiger partial charge in [-0.05, 0) is 31.2 Å². The average Bonchev–Trinajstić information content (AvgIpc) is 3.26. The van der Waals surface area contributed by atoms with Crippen molar-refractivity contribution >= 4 is 17.3 Å². The van der Waals surface area contributed by atoms with Crippen LogP contribution in [0.2, 0.25) is 5.02 Å². The van der Waals surface area contributed by atoms with Gasteiger partial charge in [0.1, 0.15) is 12.0 Å². The van der Waals surface area contributed by atoms with Gasteiger partial charge < -0.3 is 13.7 Å². The summed E-state index contributed by atoms with van der Waals surface area (Å²) in [5.74, 6) is 1.49. The van der Waals surface area contributed by atoms with E-state index in [2.05, 4.69) is 20.9 Å². The maximum absolute atomic E-state index is 6.10. The largest absolute Gasteiger partial charge is 0.472 e. The Kier molecular flexibility index (Phi) is 4.51. The van der Waals surface area contributed by atoms with Crippen LogP contribution in [0.4, 0.5) is 5.69 Å². The van der Waals surface area contributed by atoms with E-state index in [1.54, 1.807) is 12.5 Å². The molecule has 1 aromatic carbocycles. The van der Waals surface area contributed by atoms with Crippen LogP contribution in [0.1, 0.15) is 11.5 Å². The number of benzene rings is 1. The van der Waals surface area contributed by atoms with E-state index < -0.39 is 0 Å². The predicted octanol–water partition coefficient (Wildman–Crippen LogP) is 4.22. The molecule has 0 amide bonds. The normalized spacial score (nSPS) is 15.7. The highest BCUT2D eigenvalue weighted by molar-refractivity contribution is 6.30. The van der Waals surface area contributed by atoms with Crippen LogP contribution in [0.3, 0.4) is 0 Å². The van der Waals surface area contributed by atoms with Gasteiger partial charge in [-0.1, -0.05) is 17.7 Å². The van der Waals surface area contributed by atoms with Crippen LogP contribution in [0, 0.1) is 6.92 Å². The van der Waals surface area contributed by atoms with Crippen molar-refractivity contribution in [3.63, 3.8) is 0 Å². The highest BCUT2D eigenvalue weighted by Gasteiger charge is 2.20. The van der Waals surface area contributed by atoms with Gasteiger partial charge in [-0.25, -0.2) is 4.98 Å². The van der Waals surface area contributed by atoms with E-state index in [0.717, 1.165) is 54.8 Å². The molecule has 6 heteroatoms. The molecule has 1 fully saturated rings. The number of anilines is 1. The Morgan fingerprint density at radius 1 is 1.16 bits per heavy atom. The molecule has 0 aliphatic carbocycles. The first kappa shape index (κ1) is 16.2. The Morgan fingerprint density at radius 2 is 2.00 bits per heavy atom. The van der Waals surface area contributed by atoms with Crippen LogP contribution in [0.25, 0.3) is 11.5 Å². The third-order valence-electron chi connectivity index (χ3n) is 4.58. The number of hydrogen-bond acceptors (Lipinski definition) is 5. The summed E-state index contributed by atoms with van der Waals surface area (Å²) in [6.07, 6.45) is 3.28. The fourth-order valence-corrected chi connectivity index (χ4v) is 3.32. The lowest BCUT2D eigenvalue weighted by molar-refractivity contribution is 0.246. The fourth-order valence-electron chi connectivity index (χ4n) is 3.13. The lowest BCUT2D eigenvalue weighted by atomic mass is 10.2. The Bertz CT molecular complexity index is 836. The first-order chi connectivity index (χ1) is 12.2. The van der Waals surface area contributed by atoms with Crippen molar-refractivity contribution < 1.29 is 8.83 Å². The van der Waals surface area contributed by atoms with Crippen LogP contribution in [-0.2, 0) is 6.54 Å². The third-order valence-corrected chi connectivity index (χ3v) is 4.81. The van der Waals surface area contributed by atoms with E-state index in [1.807, 2.05) is 31.2 Å². The van der Waals surface area contributed by atoms with Crippen LogP contribution in [0.5, 0.6) is 0 Å². The molecule has 4 rings (SSSR count). The van der Waals surface area contributed by atoms with Gasteiger partial charge in [0.2, 0.25) is 5.89 Å². The Balaban J connectivity index is 1.39. The van der Waals surface area contributed by atoms with Crippen molar-refractivity contribution in [2.24, 2.45) is 0 Å². The maximum atomic E-state index is 6.10. The molecule has 130 valence electrons. The van der Waals surface area contributed by atoms with Crippen molar-refractivity contribution in [1.82, 2.24) is 9.88 Å². The minimum atomic E-state index is 0.624. The maximum Gasteiger partial charge on any atom is 0.229 e. The van der Waals surface area contributed by atoms with Crippen LogP contribution < -0.4 is 4.90 Å². The zero-order valence-electron chi connectivity index (χ0n) is 14.1. The van der Waals surface area contributed by atoms with Gasteiger partial charge in [-0.15, -0.1) is 0 Å². The standard InChI is InChI=1S/C19H20ClN3O2/c1-14-18(21-19(25-14)15-5-10-24-13-15)12-22-6-8-23(9-7-22)17-4-2-3-16(20)11-17/h2-5,10-11,13H,6-9,12H2,1H3. The molecule has 0 unspecified atom stereocenters. The smallest absolute Gasteiger partial charge is 0.229 e. The molecular weight excluding hydrogens is 338 g/mol. The summed E-state index contributed by atoms with van der Waals surface area (Å²) in [6, 6.07) is 9.90. The third kappa shape index (κ3) is 3.57. The summed E-state index contributed by atoms with van der Waals surface area (Å²) < 4.78 is 10.9. The summed E-state index contributed by atoms with van der Waals surface area (Å²) in [6.45, 7) is 6.70. The minimum Gasteiger partial charge on any atom is -0.472 e. The molecule has 2 aromatic heterocycles. The van der Waals surface area contributed by atoms with Gasteiger partial charge in [-0.2, -0.15) is 0 Å². The fraction of sp³-hybridized carbons (Fsp3) is 0.316. The Labute approximate surface area is 151 Å². The van der Waals surface area contributed by atoms with Crippen molar-refractivity contribution in [3.8, 4) is 11.5 Å². The SMILES string of the molecule is Cc1oc(-c2ccoc2)nc1CN1CCN(c2cccc(Cl)c2)CC1. The molecule has 1 aliphatic rings. The quantitative estimate of drug-likeness (QED) is 0.699. The number of oxazole rings is 1. The molecule has 1 saturated heterocycles. The lowest BCUT2D eigenvalue weighted by Gasteiger charge is -2.35. The van der Waals surface area contributed by atoms with E-state index in [0.29, 0.717) is 5.89 Å². The number of aromatic nitrogens is 1. The summed E-state index contributed by atoms with van der Waals surface area (Å²) in [5, 5.41) is 0.782. The predicted molar refractivity (Wildman–Crippen MR) is 97.9 cm³/mol. The number of furan rings is 1. The van der Waals surface area contributed by atoms with E-state index in [9.17, 15) is 0 Å². The molecule has 0 radical (unpaired) electrons. The van der Waals surface area contributed by atoms with Gasteiger partial charge in [0, 0.05) is 43.4 Å². The molecule has 5 nitrogen and oxygen atoms in total.